The molecule has 0 bridgehead atoms. The minimum Gasteiger partial charge on any atom is -0.423 e. The van der Waals surface area contributed by atoms with Crippen molar-refractivity contribution >= 4 is 34.7 Å². The highest BCUT2D eigenvalue weighted by atomic mass is 16.6. The fraction of sp³-hybridized carbons (Fsp3) is 0.0714. The monoisotopic (exact) mass is 315 g/mol. The second kappa shape index (κ2) is 5.05. The maximum absolute atomic E-state index is 11.9. The van der Waals surface area contributed by atoms with Gasteiger partial charge in [0.1, 0.15) is 11.3 Å². The van der Waals surface area contributed by atoms with Crippen molar-refractivity contribution in [3.05, 3.63) is 56.1 Å². The van der Waals surface area contributed by atoms with Crippen LogP contribution >= 0.6 is 0 Å². The normalized spacial score (nSPS) is 16.2. The number of amides is 3. The van der Waals surface area contributed by atoms with E-state index >= 15 is 0 Å². The number of imide groups is 1. The van der Waals surface area contributed by atoms with E-state index in [1.54, 1.807) is 0 Å². The molecule has 0 radical (unpaired) electrons. The van der Waals surface area contributed by atoms with Crippen molar-refractivity contribution < 1.29 is 18.9 Å². The summed E-state index contributed by atoms with van der Waals surface area (Å²) >= 11 is 0. The number of benzene rings is 1. The summed E-state index contributed by atoms with van der Waals surface area (Å²) in [6.07, 6.45) is 1.20. The maximum atomic E-state index is 11.9. The van der Waals surface area contributed by atoms with Crippen molar-refractivity contribution in [1.82, 2.24) is 10.2 Å². The number of carbonyl (C=O) groups excluding carboxylic acids is 2. The van der Waals surface area contributed by atoms with Gasteiger partial charge in [-0.2, -0.15) is 0 Å². The van der Waals surface area contributed by atoms with Gasteiger partial charge in [-0.05, 0) is 18.2 Å². The zero-order chi connectivity index (χ0) is 16.7. The van der Waals surface area contributed by atoms with E-state index in [2.05, 4.69) is 5.32 Å². The molecule has 2 heterocycles. The van der Waals surface area contributed by atoms with Gasteiger partial charge in [-0.15, -0.1) is 0 Å². The van der Waals surface area contributed by atoms with Crippen molar-refractivity contribution in [2.75, 3.05) is 7.05 Å². The molecule has 1 fully saturated rings. The molecule has 23 heavy (non-hydrogen) atoms. The van der Waals surface area contributed by atoms with Crippen LogP contribution in [0.2, 0.25) is 0 Å². The van der Waals surface area contributed by atoms with Crippen molar-refractivity contribution in [1.29, 1.82) is 0 Å². The smallest absolute Gasteiger partial charge is 0.336 e. The van der Waals surface area contributed by atoms with E-state index in [4.69, 9.17) is 4.42 Å². The van der Waals surface area contributed by atoms with E-state index < -0.39 is 22.5 Å². The Hall–Kier alpha value is -3.49. The van der Waals surface area contributed by atoms with Crippen LogP contribution in [0.4, 0.5) is 10.5 Å². The Balaban J connectivity index is 2.28. The lowest BCUT2D eigenvalue weighted by molar-refractivity contribution is -0.384. The zero-order valence-corrected chi connectivity index (χ0v) is 11.7. The molecule has 0 atom stereocenters. The van der Waals surface area contributed by atoms with Crippen LogP contribution < -0.4 is 10.9 Å². The van der Waals surface area contributed by atoms with Crippen molar-refractivity contribution in [3.8, 4) is 0 Å². The molecule has 1 aliphatic heterocycles. The number of fused-ring (bicyclic) bond motifs is 1. The predicted octanol–water partition coefficient (Wildman–Crippen LogP) is 1.22. The first-order valence-corrected chi connectivity index (χ1v) is 6.40. The molecule has 9 heteroatoms. The van der Waals surface area contributed by atoms with E-state index in [1.165, 1.54) is 31.3 Å². The number of nitro benzene ring substituents is 1. The topological polar surface area (TPSA) is 123 Å². The minimum absolute atomic E-state index is 0.0650. The van der Waals surface area contributed by atoms with Gasteiger partial charge in [-0.3, -0.25) is 19.8 Å². The number of urea groups is 1. The third-order valence-electron chi connectivity index (χ3n) is 3.39. The van der Waals surface area contributed by atoms with Gasteiger partial charge in [-0.1, -0.05) is 0 Å². The first-order chi connectivity index (χ1) is 10.9. The van der Waals surface area contributed by atoms with Gasteiger partial charge in [0.15, 0.2) is 0 Å². The molecule has 0 spiro atoms. The van der Waals surface area contributed by atoms with Gasteiger partial charge >= 0.3 is 11.7 Å². The second-order valence-electron chi connectivity index (χ2n) is 4.77. The summed E-state index contributed by atoms with van der Waals surface area (Å²) in [4.78, 5) is 46.1. The SMILES string of the molecule is CN1C(=O)N/C(=C/c2c([N+](=O)[O-])ccc3oc(=O)ccc23)C1=O. The highest BCUT2D eigenvalue weighted by molar-refractivity contribution is 6.14. The Kier molecular flexibility index (Phi) is 3.17. The van der Waals surface area contributed by atoms with E-state index in [0.717, 1.165) is 11.0 Å². The molecule has 3 rings (SSSR count). The number of nitro groups is 1. The molecule has 116 valence electrons. The lowest BCUT2D eigenvalue weighted by Gasteiger charge is -2.04. The quantitative estimate of drug-likeness (QED) is 0.292. The van der Waals surface area contributed by atoms with Crippen molar-refractivity contribution in [3.63, 3.8) is 0 Å². The van der Waals surface area contributed by atoms with Crippen molar-refractivity contribution in [2.45, 2.75) is 0 Å². The van der Waals surface area contributed by atoms with E-state index in [9.17, 15) is 24.5 Å². The summed E-state index contributed by atoms with van der Waals surface area (Å²) in [5.74, 6) is -0.612. The molecule has 9 nitrogen and oxygen atoms in total. The highest BCUT2D eigenvalue weighted by Gasteiger charge is 2.31. The Morgan fingerprint density at radius 2 is 1.96 bits per heavy atom. The number of carbonyl (C=O) groups is 2. The highest BCUT2D eigenvalue weighted by Crippen LogP contribution is 2.29. The molecular formula is C14H9N3O6. The fourth-order valence-corrected chi connectivity index (χ4v) is 2.24. The van der Waals surface area contributed by atoms with Gasteiger partial charge in [-0.25, -0.2) is 9.59 Å². The summed E-state index contributed by atoms with van der Waals surface area (Å²) in [6, 6.07) is 4.33. The Bertz CT molecular complexity index is 959. The third kappa shape index (κ3) is 2.33. The summed E-state index contributed by atoms with van der Waals surface area (Å²) in [6.45, 7) is 0. The van der Waals surface area contributed by atoms with Crippen LogP contribution in [0.25, 0.3) is 17.0 Å². The first kappa shape index (κ1) is 14.4. The molecule has 1 N–H and O–H groups in total. The number of nitrogens with zero attached hydrogens (tertiary/aromatic N) is 2. The molecule has 0 saturated carbocycles. The number of nitrogens with one attached hydrogen (secondary N) is 1. The third-order valence-corrected chi connectivity index (χ3v) is 3.39. The van der Waals surface area contributed by atoms with Crippen LogP contribution in [0, 0.1) is 10.1 Å². The van der Waals surface area contributed by atoms with Gasteiger partial charge in [0, 0.05) is 24.6 Å². The largest absolute Gasteiger partial charge is 0.423 e. The lowest BCUT2D eigenvalue weighted by atomic mass is 10.1. The molecule has 1 aliphatic rings. The molecular weight excluding hydrogens is 306 g/mol. The predicted molar refractivity (Wildman–Crippen MR) is 78.4 cm³/mol. The van der Waals surface area contributed by atoms with Gasteiger partial charge in [0.05, 0.1) is 10.5 Å². The number of hydrogen-bond acceptors (Lipinski definition) is 6. The number of likely N-dealkylation sites (N-methyl/N-ethyl adjacent to an activating group) is 1. The van der Waals surface area contributed by atoms with Gasteiger partial charge < -0.3 is 9.73 Å². The number of hydrogen-bond donors (Lipinski definition) is 1. The minimum atomic E-state index is -0.629. The van der Waals surface area contributed by atoms with Crippen LogP contribution in [0.1, 0.15) is 5.56 Å². The molecule has 1 aromatic heterocycles. The van der Waals surface area contributed by atoms with Gasteiger partial charge in [0.2, 0.25) is 0 Å². The lowest BCUT2D eigenvalue weighted by Crippen LogP contribution is -2.25. The molecule has 0 aliphatic carbocycles. The van der Waals surface area contributed by atoms with E-state index in [1.807, 2.05) is 0 Å². The van der Waals surface area contributed by atoms with Crippen LogP contribution in [-0.4, -0.2) is 28.8 Å². The average molecular weight is 315 g/mol. The van der Waals surface area contributed by atoms with Crippen LogP contribution in [0.5, 0.6) is 0 Å². The summed E-state index contributed by atoms with van der Waals surface area (Å²) in [7, 11) is 1.29. The summed E-state index contributed by atoms with van der Waals surface area (Å²) in [5.41, 5.74) is -0.778. The molecule has 0 unspecified atom stereocenters. The fourth-order valence-electron chi connectivity index (χ4n) is 2.24. The first-order valence-electron chi connectivity index (χ1n) is 6.40. The summed E-state index contributed by atoms with van der Waals surface area (Å²) in [5, 5.41) is 13.8. The van der Waals surface area contributed by atoms with E-state index in [0.29, 0.717) is 0 Å². The zero-order valence-electron chi connectivity index (χ0n) is 11.7. The second-order valence-corrected chi connectivity index (χ2v) is 4.77. The standard InChI is InChI=1S/C14H9N3O6/c1-16-13(19)9(15-14(16)20)6-8-7-2-5-12(18)23-11(7)4-3-10(8)17(21)22/h2-6H,1H3,(H,15,20)/b9-6+. The maximum Gasteiger partial charge on any atom is 0.336 e. The van der Waals surface area contributed by atoms with Crippen LogP contribution in [0.15, 0.2) is 39.2 Å². The Labute approximate surface area is 127 Å². The van der Waals surface area contributed by atoms with Crippen molar-refractivity contribution in [2.24, 2.45) is 0 Å². The Morgan fingerprint density at radius 3 is 2.57 bits per heavy atom. The van der Waals surface area contributed by atoms with Crippen LogP contribution in [-0.2, 0) is 4.79 Å². The Morgan fingerprint density at radius 1 is 1.22 bits per heavy atom. The van der Waals surface area contributed by atoms with Gasteiger partial charge in [0.25, 0.3) is 11.6 Å². The molecule has 1 saturated heterocycles. The molecule has 2 aromatic rings. The van der Waals surface area contributed by atoms with Crippen LogP contribution in [0.3, 0.4) is 0 Å². The molecule has 1 aromatic carbocycles. The summed E-state index contributed by atoms with van der Waals surface area (Å²) < 4.78 is 4.98. The average Bonchev–Trinajstić information content (AvgIpc) is 2.74. The van der Waals surface area contributed by atoms with E-state index in [-0.39, 0.29) is 27.9 Å². The number of rotatable bonds is 2. The molecule has 3 amide bonds.